The molecule has 0 spiro atoms. The Kier molecular flexibility index (Phi) is 12.9. The number of rotatable bonds is 14. The lowest BCUT2D eigenvalue weighted by Crippen LogP contribution is -2.64. The van der Waals surface area contributed by atoms with Gasteiger partial charge in [0, 0.05) is 13.5 Å². The highest BCUT2D eigenvalue weighted by Crippen LogP contribution is 2.24. The van der Waals surface area contributed by atoms with E-state index < -0.39 is 37.3 Å². The first-order valence-electron chi connectivity index (χ1n) is 11.0. The molecule has 1 saturated heterocycles. The molecule has 1 fully saturated rings. The van der Waals surface area contributed by atoms with Gasteiger partial charge in [-0.25, -0.2) is 0 Å². The Balaban J connectivity index is 2.18. The summed E-state index contributed by atoms with van der Waals surface area (Å²) in [6.07, 6.45) is 8.34. The number of carbonyl (C=O) groups excluding carboxylic acids is 1. The second-order valence-corrected chi connectivity index (χ2v) is 8.01. The average Bonchev–Trinajstić information content (AvgIpc) is 2.68. The van der Waals surface area contributed by atoms with Crippen LogP contribution in [0.5, 0.6) is 0 Å². The van der Waals surface area contributed by atoms with Gasteiger partial charge in [0.2, 0.25) is 5.91 Å². The number of carbonyl (C=O) groups is 1. The molecule has 0 bridgehead atoms. The molecule has 166 valence electrons. The minimum atomic E-state index is -1.44. The van der Waals surface area contributed by atoms with Gasteiger partial charge in [0.25, 0.3) is 0 Å². The number of likely N-dealkylation sites (N-methyl/N-ethyl adjacent to an activating group) is 1. The number of hydrogen-bond acceptors (Lipinski definition) is 6. The fourth-order valence-electron chi connectivity index (χ4n) is 3.79. The molecule has 28 heavy (non-hydrogen) atoms. The molecule has 1 aliphatic heterocycles. The number of aliphatic hydroxyl groups excluding tert-OH is 4. The van der Waals surface area contributed by atoms with Gasteiger partial charge in [0.15, 0.2) is 6.29 Å². The van der Waals surface area contributed by atoms with Gasteiger partial charge in [-0.2, -0.15) is 0 Å². The molecule has 1 amide bonds. The van der Waals surface area contributed by atoms with E-state index in [1.807, 2.05) is 0 Å². The van der Waals surface area contributed by atoms with Crippen LogP contribution in [0.3, 0.4) is 0 Å². The van der Waals surface area contributed by atoms with Crippen molar-refractivity contribution in [2.24, 2.45) is 0 Å². The van der Waals surface area contributed by atoms with E-state index in [1.165, 1.54) is 63.3 Å². The van der Waals surface area contributed by atoms with Crippen LogP contribution in [0.25, 0.3) is 0 Å². The molecule has 0 aliphatic carbocycles. The van der Waals surface area contributed by atoms with Gasteiger partial charge in [0.1, 0.15) is 24.4 Å². The van der Waals surface area contributed by atoms with Crippen molar-refractivity contribution < 1.29 is 30.0 Å². The maximum Gasteiger partial charge on any atom is 0.222 e. The standard InChI is InChI=1S/C21H41NO6/c1-3-4-5-6-7-8-9-10-11-12-13-14-17(24)22(2)18-20(26)19(25)16(15-23)28-21(18)27/h16,18-21,23,25-27H,3-15H2,1-2H3/t16-,18-,19-,20-,21+/m1/s1. The van der Waals surface area contributed by atoms with Gasteiger partial charge in [0.05, 0.1) is 6.61 Å². The van der Waals surface area contributed by atoms with Gasteiger partial charge >= 0.3 is 0 Å². The number of hydrogen-bond donors (Lipinski definition) is 4. The van der Waals surface area contributed by atoms with Gasteiger partial charge in [-0.15, -0.1) is 0 Å². The summed E-state index contributed by atoms with van der Waals surface area (Å²) in [4.78, 5) is 13.6. The van der Waals surface area contributed by atoms with Crippen LogP contribution in [0.1, 0.15) is 84.0 Å². The molecular weight excluding hydrogens is 362 g/mol. The summed E-state index contributed by atoms with van der Waals surface area (Å²) in [7, 11) is 1.49. The highest BCUT2D eigenvalue weighted by atomic mass is 16.6. The van der Waals surface area contributed by atoms with E-state index in [9.17, 15) is 20.1 Å². The van der Waals surface area contributed by atoms with E-state index in [1.54, 1.807) is 0 Å². The van der Waals surface area contributed by atoms with Crippen molar-refractivity contribution in [2.75, 3.05) is 13.7 Å². The lowest BCUT2D eigenvalue weighted by Gasteiger charge is -2.43. The van der Waals surface area contributed by atoms with Crippen molar-refractivity contribution in [1.82, 2.24) is 4.90 Å². The summed E-state index contributed by atoms with van der Waals surface area (Å²) in [5, 5.41) is 39.3. The Labute approximate surface area is 169 Å². The molecule has 0 aromatic heterocycles. The summed E-state index contributed by atoms with van der Waals surface area (Å²) >= 11 is 0. The predicted molar refractivity (Wildman–Crippen MR) is 108 cm³/mol. The lowest BCUT2D eigenvalue weighted by molar-refractivity contribution is -0.268. The number of unbranched alkanes of at least 4 members (excludes halogenated alkanes) is 10. The third-order valence-corrected chi connectivity index (χ3v) is 5.70. The molecule has 7 heteroatoms. The van der Waals surface area contributed by atoms with Crippen LogP contribution in [0.15, 0.2) is 0 Å². The average molecular weight is 404 g/mol. The van der Waals surface area contributed by atoms with E-state index in [0.717, 1.165) is 19.3 Å². The van der Waals surface area contributed by atoms with Crippen LogP contribution in [-0.4, -0.2) is 75.5 Å². The van der Waals surface area contributed by atoms with Crippen LogP contribution in [-0.2, 0) is 9.53 Å². The van der Waals surface area contributed by atoms with Crippen molar-refractivity contribution in [2.45, 2.75) is 115 Å². The summed E-state index contributed by atoms with van der Waals surface area (Å²) < 4.78 is 5.12. The van der Waals surface area contributed by atoms with Crippen LogP contribution in [0.2, 0.25) is 0 Å². The monoisotopic (exact) mass is 403 g/mol. The first kappa shape index (κ1) is 25.3. The van der Waals surface area contributed by atoms with Crippen LogP contribution in [0.4, 0.5) is 0 Å². The zero-order valence-electron chi connectivity index (χ0n) is 17.6. The summed E-state index contributed by atoms with van der Waals surface area (Å²) in [6, 6.07) is -1.04. The molecule has 0 aromatic carbocycles. The van der Waals surface area contributed by atoms with Crippen LogP contribution in [0, 0.1) is 0 Å². The van der Waals surface area contributed by atoms with Gasteiger partial charge in [-0.05, 0) is 6.42 Å². The van der Waals surface area contributed by atoms with E-state index in [2.05, 4.69) is 6.92 Å². The Bertz CT molecular complexity index is 422. The zero-order valence-corrected chi connectivity index (χ0v) is 17.6. The maximum atomic E-state index is 12.4. The zero-order chi connectivity index (χ0) is 20.9. The largest absolute Gasteiger partial charge is 0.394 e. The molecule has 0 unspecified atom stereocenters. The first-order chi connectivity index (χ1) is 13.4. The maximum absolute atomic E-state index is 12.4. The molecule has 0 saturated carbocycles. The Morgan fingerprint density at radius 1 is 0.857 bits per heavy atom. The number of aliphatic hydroxyl groups is 4. The Hall–Kier alpha value is -0.730. The second kappa shape index (κ2) is 14.3. The molecule has 1 heterocycles. The Morgan fingerprint density at radius 3 is 1.86 bits per heavy atom. The lowest BCUT2D eigenvalue weighted by atomic mass is 9.95. The molecule has 1 rings (SSSR count). The van der Waals surface area contributed by atoms with Gasteiger partial charge < -0.3 is 30.1 Å². The van der Waals surface area contributed by atoms with Crippen LogP contribution < -0.4 is 0 Å². The quantitative estimate of drug-likeness (QED) is 0.330. The molecule has 0 aromatic rings. The normalized spacial score (nSPS) is 27.7. The van der Waals surface area contributed by atoms with Gasteiger partial charge in [-0.1, -0.05) is 71.1 Å². The van der Waals surface area contributed by atoms with E-state index in [0.29, 0.717) is 6.42 Å². The summed E-state index contributed by atoms with van der Waals surface area (Å²) in [5.41, 5.74) is 0. The van der Waals surface area contributed by atoms with Crippen molar-refractivity contribution in [3.8, 4) is 0 Å². The fourth-order valence-corrected chi connectivity index (χ4v) is 3.79. The van der Waals surface area contributed by atoms with E-state index in [4.69, 9.17) is 9.84 Å². The molecule has 0 radical (unpaired) electrons. The first-order valence-corrected chi connectivity index (χ1v) is 11.0. The molecule has 7 nitrogen and oxygen atoms in total. The number of nitrogens with zero attached hydrogens (tertiary/aromatic N) is 1. The smallest absolute Gasteiger partial charge is 0.222 e. The van der Waals surface area contributed by atoms with Gasteiger partial charge in [-0.3, -0.25) is 4.79 Å². The van der Waals surface area contributed by atoms with Crippen molar-refractivity contribution >= 4 is 5.91 Å². The second-order valence-electron chi connectivity index (χ2n) is 8.01. The minimum Gasteiger partial charge on any atom is -0.394 e. The van der Waals surface area contributed by atoms with Crippen molar-refractivity contribution in [3.05, 3.63) is 0 Å². The van der Waals surface area contributed by atoms with Crippen LogP contribution >= 0.6 is 0 Å². The van der Waals surface area contributed by atoms with E-state index in [-0.39, 0.29) is 5.91 Å². The molecule has 1 aliphatic rings. The minimum absolute atomic E-state index is 0.197. The number of ether oxygens (including phenoxy) is 1. The van der Waals surface area contributed by atoms with E-state index >= 15 is 0 Å². The topological polar surface area (TPSA) is 110 Å². The SMILES string of the molecule is CCCCCCCCCCCCCC(=O)N(C)[C@@H]1[C@@H](O)[C@H](O)[C@@H](CO)O[C@@H]1O. The number of amides is 1. The van der Waals surface area contributed by atoms with Crippen molar-refractivity contribution in [1.29, 1.82) is 0 Å². The molecule has 4 N–H and O–H groups in total. The fraction of sp³-hybridized carbons (Fsp3) is 0.952. The predicted octanol–water partition coefficient (Wildman–Crippen LogP) is 1.95. The molecule has 5 atom stereocenters. The highest BCUT2D eigenvalue weighted by Gasteiger charge is 2.46. The summed E-state index contributed by atoms with van der Waals surface area (Å²) in [5.74, 6) is -0.197. The Morgan fingerprint density at radius 2 is 1.36 bits per heavy atom. The molecular formula is C21H41NO6. The van der Waals surface area contributed by atoms with Crippen molar-refractivity contribution in [3.63, 3.8) is 0 Å². The third kappa shape index (κ3) is 8.33. The third-order valence-electron chi connectivity index (χ3n) is 5.70. The summed E-state index contributed by atoms with van der Waals surface area (Å²) in [6.45, 7) is 1.71. The highest BCUT2D eigenvalue weighted by molar-refractivity contribution is 5.76.